The van der Waals surface area contributed by atoms with Gasteiger partial charge in [0.15, 0.2) is 5.82 Å². The van der Waals surface area contributed by atoms with Gasteiger partial charge in [0.05, 0.1) is 29.6 Å². The lowest BCUT2D eigenvalue weighted by molar-refractivity contribution is 0.0145. The summed E-state index contributed by atoms with van der Waals surface area (Å²) in [6.07, 6.45) is 6.32. The van der Waals surface area contributed by atoms with Crippen LogP contribution in [0.5, 0.6) is 6.01 Å². The van der Waals surface area contributed by atoms with Crippen molar-refractivity contribution in [1.29, 1.82) is 5.26 Å². The highest BCUT2D eigenvalue weighted by atomic mass is 19.1. The molecule has 3 atom stereocenters. The molecule has 0 N–H and O–H groups in total. The Labute approximate surface area is 294 Å². The maximum absolute atomic E-state index is 17.0. The van der Waals surface area contributed by atoms with Gasteiger partial charge in [-0.1, -0.05) is 36.3 Å². The molecule has 0 radical (unpaired) electrons. The van der Waals surface area contributed by atoms with Gasteiger partial charge in [-0.15, -0.1) is 6.42 Å². The van der Waals surface area contributed by atoms with Crippen LogP contribution in [-0.4, -0.2) is 88.5 Å². The van der Waals surface area contributed by atoms with Crippen molar-refractivity contribution in [1.82, 2.24) is 19.8 Å². The number of nitriles is 1. The second kappa shape index (κ2) is 13.2. The lowest BCUT2D eigenvalue weighted by Gasteiger charge is -2.41. The van der Waals surface area contributed by atoms with E-state index < -0.39 is 41.1 Å². The molecule has 1 aromatic heterocycles. The number of hydrogen-bond acceptors (Lipinski definition) is 8. The second-order valence-corrected chi connectivity index (χ2v) is 14.6. The van der Waals surface area contributed by atoms with Crippen molar-refractivity contribution in [2.45, 2.75) is 69.8 Å². The minimum atomic E-state index is -0.959. The number of fused-ring (bicyclic) bond motifs is 3. The average Bonchev–Trinajstić information content (AvgIpc) is 3.62. The fourth-order valence-corrected chi connectivity index (χ4v) is 7.89. The van der Waals surface area contributed by atoms with Crippen LogP contribution in [0.4, 0.5) is 23.8 Å². The average molecular weight is 697 g/mol. The molecule has 4 heterocycles. The number of piperazine rings is 1. The summed E-state index contributed by atoms with van der Waals surface area (Å²) in [6, 6.07) is 13.0. The summed E-state index contributed by atoms with van der Waals surface area (Å²) >= 11 is 0. The molecule has 264 valence electrons. The summed E-state index contributed by atoms with van der Waals surface area (Å²) in [7, 11) is 0. The van der Waals surface area contributed by atoms with Crippen molar-refractivity contribution in [3.8, 4) is 35.6 Å². The standard InChI is InChI=1S/C39H39F3N6O3/c1-5-27-31(41)13-10-24-8-6-9-28(32(24)27)29-11-12-30-34(33(29)42)44-36(50-23-39-15-7-17-47(39)21-25(40)20-39)45-35(30)46-18-19-48(26(22-46)14-16-43)37(49)51-38(2,3)4/h1,6,8-13,25-26H,7,14-15,17-23H2,2-4H3/t25-,26+,39+/m1/s1. The normalized spacial score (nSPS) is 22.2. The molecule has 51 heavy (non-hydrogen) atoms. The minimum Gasteiger partial charge on any atom is -0.461 e. The van der Waals surface area contributed by atoms with E-state index in [-0.39, 0.29) is 48.8 Å². The van der Waals surface area contributed by atoms with E-state index in [1.807, 2.05) is 4.90 Å². The monoisotopic (exact) mass is 696 g/mol. The van der Waals surface area contributed by atoms with Gasteiger partial charge in [-0.3, -0.25) is 4.90 Å². The number of hydrogen-bond donors (Lipinski definition) is 0. The van der Waals surface area contributed by atoms with Crippen LogP contribution in [0.15, 0.2) is 42.5 Å². The molecule has 3 aliphatic heterocycles. The third kappa shape index (κ3) is 6.38. The Hall–Kier alpha value is -5.07. The first-order valence-electron chi connectivity index (χ1n) is 17.2. The molecular formula is C39H39F3N6O3. The van der Waals surface area contributed by atoms with E-state index >= 15 is 4.39 Å². The van der Waals surface area contributed by atoms with Gasteiger partial charge in [0, 0.05) is 48.9 Å². The van der Waals surface area contributed by atoms with Crippen molar-refractivity contribution in [3.63, 3.8) is 0 Å². The molecule has 3 fully saturated rings. The quantitative estimate of drug-likeness (QED) is 0.199. The van der Waals surface area contributed by atoms with Crippen LogP contribution in [0.25, 0.3) is 32.8 Å². The van der Waals surface area contributed by atoms with E-state index in [4.69, 9.17) is 20.9 Å². The van der Waals surface area contributed by atoms with Crippen LogP contribution in [0, 0.1) is 35.3 Å². The molecule has 3 aromatic carbocycles. The molecule has 7 rings (SSSR count). The molecule has 4 aromatic rings. The number of anilines is 1. The number of terminal acetylenes is 1. The SMILES string of the molecule is C#Cc1c(F)ccc2cccc(-c3ccc4c(N5CCN(C(=O)OC(C)(C)C)[C@@H](CC#N)C5)nc(OC[C@@]56CCCN5C[C@H](F)C6)nc4c3F)c12. The van der Waals surface area contributed by atoms with Crippen LogP contribution in [0.2, 0.25) is 0 Å². The van der Waals surface area contributed by atoms with Gasteiger partial charge in [-0.2, -0.15) is 15.2 Å². The van der Waals surface area contributed by atoms with Gasteiger partial charge >= 0.3 is 12.1 Å². The van der Waals surface area contributed by atoms with Crippen LogP contribution in [-0.2, 0) is 4.74 Å². The molecule has 1 amide bonds. The van der Waals surface area contributed by atoms with E-state index in [1.54, 1.807) is 62.1 Å². The van der Waals surface area contributed by atoms with Gasteiger partial charge in [0.2, 0.25) is 0 Å². The lowest BCUT2D eigenvalue weighted by Crippen LogP contribution is -2.56. The summed E-state index contributed by atoms with van der Waals surface area (Å²) in [5.74, 6) is 1.54. The number of alkyl halides is 1. The van der Waals surface area contributed by atoms with E-state index in [2.05, 4.69) is 21.9 Å². The molecule has 3 saturated heterocycles. The van der Waals surface area contributed by atoms with E-state index in [0.29, 0.717) is 47.1 Å². The topological polar surface area (TPSA) is 94.8 Å². The van der Waals surface area contributed by atoms with Crippen molar-refractivity contribution < 1.29 is 27.4 Å². The van der Waals surface area contributed by atoms with E-state index in [9.17, 15) is 18.8 Å². The first-order valence-corrected chi connectivity index (χ1v) is 17.2. The molecule has 0 bridgehead atoms. The summed E-state index contributed by atoms with van der Waals surface area (Å²) in [5.41, 5.74) is -0.632. The number of nitrogens with zero attached hydrogens (tertiary/aromatic N) is 6. The summed E-state index contributed by atoms with van der Waals surface area (Å²) in [5, 5.41) is 11.1. The second-order valence-electron chi connectivity index (χ2n) is 14.6. The zero-order chi connectivity index (χ0) is 36.1. The number of ether oxygens (including phenoxy) is 2. The fraction of sp³-hybridized carbons (Fsp3) is 0.436. The molecule has 3 aliphatic rings. The summed E-state index contributed by atoms with van der Waals surface area (Å²) < 4.78 is 58.4. The Morgan fingerprint density at radius 2 is 1.90 bits per heavy atom. The first kappa shape index (κ1) is 34.4. The van der Waals surface area contributed by atoms with Crippen molar-refractivity contribution >= 4 is 33.6 Å². The number of halogens is 3. The molecule has 0 spiro atoms. The Morgan fingerprint density at radius 3 is 2.67 bits per heavy atom. The van der Waals surface area contributed by atoms with Crippen LogP contribution >= 0.6 is 0 Å². The van der Waals surface area contributed by atoms with Crippen molar-refractivity contribution in [3.05, 3.63) is 59.7 Å². The Balaban J connectivity index is 1.32. The van der Waals surface area contributed by atoms with Gasteiger partial charge in [-0.25, -0.2) is 18.0 Å². The maximum atomic E-state index is 17.0. The van der Waals surface area contributed by atoms with Crippen LogP contribution in [0.3, 0.4) is 0 Å². The fourth-order valence-electron chi connectivity index (χ4n) is 7.89. The summed E-state index contributed by atoms with van der Waals surface area (Å²) in [4.78, 5) is 28.1. The minimum absolute atomic E-state index is 0.0230. The molecule has 0 unspecified atom stereocenters. The van der Waals surface area contributed by atoms with Crippen LogP contribution < -0.4 is 9.64 Å². The molecule has 12 heteroatoms. The third-order valence-electron chi connectivity index (χ3n) is 10.2. The number of aromatic nitrogens is 2. The highest BCUT2D eigenvalue weighted by Crippen LogP contribution is 2.42. The van der Waals surface area contributed by atoms with E-state index in [1.165, 1.54) is 6.07 Å². The number of amides is 1. The van der Waals surface area contributed by atoms with Gasteiger partial charge < -0.3 is 19.3 Å². The predicted octanol–water partition coefficient (Wildman–Crippen LogP) is 7.00. The lowest BCUT2D eigenvalue weighted by atomic mass is 9.93. The van der Waals surface area contributed by atoms with Gasteiger partial charge in [0.1, 0.15) is 35.5 Å². The van der Waals surface area contributed by atoms with E-state index in [0.717, 1.165) is 19.4 Å². The molecule has 0 aliphatic carbocycles. The number of benzene rings is 3. The zero-order valence-electron chi connectivity index (χ0n) is 28.9. The van der Waals surface area contributed by atoms with Gasteiger partial charge in [-0.05, 0) is 63.2 Å². The largest absolute Gasteiger partial charge is 0.461 e. The molecular weight excluding hydrogens is 657 g/mol. The van der Waals surface area contributed by atoms with Crippen molar-refractivity contribution in [2.75, 3.05) is 44.2 Å². The molecule has 0 saturated carbocycles. The van der Waals surface area contributed by atoms with Crippen molar-refractivity contribution in [2.24, 2.45) is 0 Å². The van der Waals surface area contributed by atoms with Gasteiger partial charge in [0.25, 0.3) is 0 Å². The highest BCUT2D eigenvalue weighted by molar-refractivity contribution is 6.03. The summed E-state index contributed by atoms with van der Waals surface area (Å²) in [6.45, 7) is 7.37. The number of rotatable bonds is 6. The highest BCUT2D eigenvalue weighted by Gasteiger charge is 2.49. The third-order valence-corrected chi connectivity index (χ3v) is 10.2. The number of carbonyl (C=O) groups excluding carboxylic acids is 1. The van der Waals surface area contributed by atoms with Crippen LogP contribution in [0.1, 0.15) is 52.0 Å². The maximum Gasteiger partial charge on any atom is 0.410 e. The number of carbonyl (C=O) groups is 1. The predicted molar refractivity (Wildman–Crippen MR) is 188 cm³/mol. The smallest absolute Gasteiger partial charge is 0.410 e. The zero-order valence-corrected chi connectivity index (χ0v) is 28.9. The first-order chi connectivity index (χ1) is 24.4. The molecule has 9 nitrogen and oxygen atoms in total. The Bertz CT molecular complexity index is 2110. The Morgan fingerprint density at radius 1 is 1.08 bits per heavy atom. The Kier molecular flexibility index (Phi) is 8.92.